The molecule has 5 nitrogen and oxygen atoms in total. The average molecular weight is 682 g/mol. The van der Waals surface area contributed by atoms with Gasteiger partial charge in [0.25, 0.3) is 0 Å². The zero-order valence-electron chi connectivity index (χ0n) is 25.7. The van der Waals surface area contributed by atoms with Gasteiger partial charge in [-0.25, -0.2) is 4.79 Å². The first kappa shape index (κ1) is 36.4. The molecular weight excluding hydrogens is 645 g/mol. The SMILES string of the molecule is CCC(CCc1ccc(C(F)(F)F)cc1CN1C(=O)OC(c2cc(C(F)(F)F)cc(C(F)(F)F)c2)C1C)C1CCC(CC(=O)O)CC1. The van der Waals surface area contributed by atoms with Crippen LogP contribution >= 0.6 is 0 Å². The van der Waals surface area contributed by atoms with Gasteiger partial charge in [-0.15, -0.1) is 0 Å². The Morgan fingerprint density at radius 2 is 1.45 bits per heavy atom. The molecule has 0 aromatic heterocycles. The summed E-state index contributed by atoms with van der Waals surface area (Å²) >= 11 is 0. The maximum Gasteiger partial charge on any atom is 0.416 e. The van der Waals surface area contributed by atoms with E-state index >= 15 is 0 Å². The van der Waals surface area contributed by atoms with E-state index in [4.69, 9.17) is 9.84 Å². The molecule has 1 aliphatic heterocycles. The molecule has 1 saturated heterocycles. The van der Waals surface area contributed by atoms with Crippen molar-refractivity contribution in [1.29, 1.82) is 0 Å². The molecule has 47 heavy (non-hydrogen) atoms. The monoisotopic (exact) mass is 681 g/mol. The number of amides is 1. The van der Waals surface area contributed by atoms with Crippen molar-refractivity contribution in [3.63, 3.8) is 0 Å². The first-order valence-corrected chi connectivity index (χ1v) is 15.4. The molecule has 4 rings (SSSR count). The molecule has 1 amide bonds. The first-order valence-electron chi connectivity index (χ1n) is 15.4. The van der Waals surface area contributed by atoms with E-state index in [0.717, 1.165) is 49.1 Å². The number of halogens is 9. The molecule has 3 unspecified atom stereocenters. The second-order valence-corrected chi connectivity index (χ2v) is 12.6. The third-order valence-corrected chi connectivity index (χ3v) is 9.54. The van der Waals surface area contributed by atoms with E-state index in [-0.39, 0.29) is 29.9 Å². The van der Waals surface area contributed by atoms with E-state index in [0.29, 0.717) is 36.5 Å². The fourth-order valence-corrected chi connectivity index (χ4v) is 6.90. The number of carboxylic acid groups (broad SMARTS) is 1. The fourth-order valence-electron chi connectivity index (χ4n) is 6.90. The summed E-state index contributed by atoms with van der Waals surface area (Å²) in [6.45, 7) is 2.96. The van der Waals surface area contributed by atoms with Gasteiger partial charge in [0.15, 0.2) is 0 Å². The lowest BCUT2D eigenvalue weighted by molar-refractivity contribution is -0.143. The van der Waals surface area contributed by atoms with Crippen LogP contribution < -0.4 is 0 Å². The Hall–Kier alpha value is -3.45. The van der Waals surface area contributed by atoms with E-state index in [1.807, 2.05) is 6.92 Å². The average Bonchev–Trinajstić information content (AvgIpc) is 3.25. The minimum absolute atomic E-state index is 0.0388. The van der Waals surface area contributed by atoms with Crippen molar-refractivity contribution in [1.82, 2.24) is 4.90 Å². The van der Waals surface area contributed by atoms with Crippen LogP contribution in [-0.4, -0.2) is 28.1 Å². The summed E-state index contributed by atoms with van der Waals surface area (Å²) in [6.07, 6.45) is -12.4. The zero-order valence-corrected chi connectivity index (χ0v) is 25.7. The number of benzene rings is 2. The lowest BCUT2D eigenvalue weighted by atomic mass is 9.72. The van der Waals surface area contributed by atoms with Crippen molar-refractivity contribution in [2.24, 2.45) is 17.8 Å². The maximum absolute atomic E-state index is 13.7. The summed E-state index contributed by atoms with van der Waals surface area (Å²) < 4.78 is 127. The highest BCUT2D eigenvalue weighted by Gasteiger charge is 2.44. The van der Waals surface area contributed by atoms with Crippen LogP contribution in [0.15, 0.2) is 36.4 Å². The van der Waals surface area contributed by atoms with Gasteiger partial charge in [-0.05, 0) is 110 Å². The van der Waals surface area contributed by atoms with Crippen molar-refractivity contribution in [2.75, 3.05) is 0 Å². The molecule has 0 bridgehead atoms. The quantitative estimate of drug-likeness (QED) is 0.254. The lowest BCUT2D eigenvalue weighted by Crippen LogP contribution is -2.32. The van der Waals surface area contributed by atoms with Gasteiger partial charge in [0.2, 0.25) is 0 Å². The van der Waals surface area contributed by atoms with E-state index < -0.39 is 71.5 Å². The zero-order chi connectivity index (χ0) is 34.9. The van der Waals surface area contributed by atoms with Crippen LogP contribution in [0, 0.1) is 17.8 Å². The van der Waals surface area contributed by atoms with E-state index in [1.165, 1.54) is 13.0 Å². The van der Waals surface area contributed by atoms with Gasteiger partial charge in [-0.1, -0.05) is 19.4 Å². The third kappa shape index (κ3) is 8.92. The number of ether oxygens (including phenoxy) is 1. The molecule has 0 radical (unpaired) electrons. The predicted octanol–water partition coefficient (Wildman–Crippen LogP) is 10.1. The molecule has 2 fully saturated rings. The van der Waals surface area contributed by atoms with Gasteiger partial charge in [0.1, 0.15) is 6.10 Å². The number of nitrogens with zero attached hydrogens (tertiary/aromatic N) is 1. The molecule has 1 heterocycles. The number of cyclic esters (lactones) is 1. The largest absolute Gasteiger partial charge is 0.481 e. The Morgan fingerprint density at radius 1 is 0.872 bits per heavy atom. The molecule has 0 spiro atoms. The molecule has 2 aliphatic rings. The van der Waals surface area contributed by atoms with Crippen LogP contribution in [0.5, 0.6) is 0 Å². The van der Waals surface area contributed by atoms with Gasteiger partial charge in [-0.3, -0.25) is 9.69 Å². The number of carbonyl (C=O) groups excluding carboxylic acids is 1. The summed E-state index contributed by atoms with van der Waals surface area (Å²) in [7, 11) is 0. The number of hydrogen-bond donors (Lipinski definition) is 1. The van der Waals surface area contributed by atoms with Crippen molar-refractivity contribution < 1.29 is 58.9 Å². The number of alkyl halides is 9. The number of rotatable bonds is 10. The smallest absolute Gasteiger partial charge is 0.416 e. The topological polar surface area (TPSA) is 66.8 Å². The van der Waals surface area contributed by atoms with E-state index in [9.17, 15) is 49.1 Å². The van der Waals surface area contributed by atoms with Crippen molar-refractivity contribution >= 4 is 12.1 Å². The second kappa shape index (κ2) is 14.0. The Morgan fingerprint density at radius 3 is 1.96 bits per heavy atom. The maximum atomic E-state index is 13.7. The number of hydrogen-bond acceptors (Lipinski definition) is 3. The molecule has 1 aliphatic carbocycles. The van der Waals surface area contributed by atoms with Crippen molar-refractivity contribution in [3.05, 3.63) is 69.8 Å². The summed E-state index contributed by atoms with van der Waals surface area (Å²) in [6, 6.07) is 2.98. The highest BCUT2D eigenvalue weighted by atomic mass is 19.4. The fraction of sp³-hybridized carbons (Fsp3) is 0.576. The van der Waals surface area contributed by atoms with Crippen molar-refractivity contribution in [3.8, 4) is 0 Å². The standard InChI is InChI=1S/C33H36F9NO4/c1-3-20(21-6-4-19(5-7-21)12-28(44)45)8-9-22-10-11-25(31(34,35)36)15-24(22)17-43-18(2)29(47-30(43)46)23-13-26(32(37,38)39)16-27(14-23)33(40,41)42/h10-11,13-16,18-21,29H,3-9,12,17H2,1-2H3,(H,44,45). The van der Waals surface area contributed by atoms with Crippen LogP contribution in [0.25, 0.3) is 0 Å². The first-order chi connectivity index (χ1) is 21.8. The van der Waals surface area contributed by atoms with Gasteiger partial charge in [0.05, 0.1) is 22.7 Å². The number of aryl methyl sites for hydroxylation is 1. The highest BCUT2D eigenvalue weighted by molar-refractivity contribution is 5.71. The third-order valence-electron chi connectivity index (χ3n) is 9.54. The van der Waals surface area contributed by atoms with E-state index in [2.05, 4.69) is 0 Å². The minimum Gasteiger partial charge on any atom is -0.481 e. The van der Waals surface area contributed by atoms with Crippen LogP contribution in [-0.2, 0) is 41.0 Å². The summed E-state index contributed by atoms with van der Waals surface area (Å²) in [4.78, 5) is 25.0. The Labute approximate surface area is 266 Å². The van der Waals surface area contributed by atoms with Crippen LogP contribution in [0.3, 0.4) is 0 Å². The number of carboxylic acids is 1. The molecule has 2 aromatic carbocycles. The van der Waals surface area contributed by atoms with Crippen molar-refractivity contribution in [2.45, 2.75) is 102 Å². The summed E-state index contributed by atoms with van der Waals surface area (Å²) in [5.41, 5.74) is -3.99. The van der Waals surface area contributed by atoms with E-state index in [1.54, 1.807) is 0 Å². The second-order valence-electron chi connectivity index (χ2n) is 12.6. The Kier molecular flexibility index (Phi) is 10.8. The Bertz CT molecular complexity index is 1400. The van der Waals surface area contributed by atoms with Crippen LogP contribution in [0.1, 0.15) is 98.3 Å². The number of aliphatic carboxylic acids is 1. The van der Waals surface area contributed by atoms with Gasteiger partial charge >= 0.3 is 30.6 Å². The molecular formula is C33H36F9NO4. The normalized spacial score (nSPS) is 23.1. The molecule has 1 saturated carbocycles. The predicted molar refractivity (Wildman–Crippen MR) is 152 cm³/mol. The highest BCUT2D eigenvalue weighted by Crippen LogP contribution is 2.42. The van der Waals surface area contributed by atoms with Gasteiger partial charge < -0.3 is 9.84 Å². The molecule has 260 valence electrons. The van der Waals surface area contributed by atoms with Crippen LogP contribution in [0.4, 0.5) is 44.3 Å². The molecule has 14 heteroatoms. The summed E-state index contributed by atoms with van der Waals surface area (Å²) in [5, 5.41) is 9.10. The lowest BCUT2D eigenvalue weighted by Gasteiger charge is -2.33. The molecule has 3 atom stereocenters. The minimum atomic E-state index is -5.12. The molecule has 1 N–H and O–H groups in total. The number of carbonyl (C=O) groups is 2. The Balaban J connectivity index is 1.57. The summed E-state index contributed by atoms with van der Waals surface area (Å²) in [5.74, 6) is -0.172. The molecule has 2 aromatic rings. The van der Waals surface area contributed by atoms with Gasteiger partial charge in [-0.2, -0.15) is 39.5 Å². The van der Waals surface area contributed by atoms with Gasteiger partial charge in [0, 0.05) is 13.0 Å². The van der Waals surface area contributed by atoms with Crippen LogP contribution in [0.2, 0.25) is 0 Å².